The van der Waals surface area contributed by atoms with Crippen molar-refractivity contribution < 1.29 is 0 Å². The van der Waals surface area contributed by atoms with Gasteiger partial charge in [0.1, 0.15) is 5.82 Å². The van der Waals surface area contributed by atoms with Gasteiger partial charge in [-0.05, 0) is 19.4 Å². The molecule has 0 radical (unpaired) electrons. The summed E-state index contributed by atoms with van der Waals surface area (Å²) in [7, 11) is 0. The lowest BCUT2D eigenvalue weighted by Crippen LogP contribution is -2.16. The van der Waals surface area contributed by atoms with E-state index in [1.807, 2.05) is 0 Å². The fraction of sp³-hybridized carbons (Fsp3) is 0.636. The Kier molecular flexibility index (Phi) is 3.16. The molecular formula is C11H17N3O. The smallest absolute Gasteiger partial charge is 0.251 e. The van der Waals surface area contributed by atoms with Crippen LogP contribution in [0.3, 0.4) is 0 Å². The number of hydrogen-bond donors (Lipinski definition) is 2. The quantitative estimate of drug-likeness (QED) is 0.770. The first-order valence-corrected chi connectivity index (χ1v) is 5.60. The number of nitrogens with zero attached hydrogens (tertiary/aromatic N) is 1. The highest BCUT2D eigenvalue weighted by molar-refractivity contribution is 5.11. The third-order valence-corrected chi connectivity index (χ3v) is 2.78. The van der Waals surface area contributed by atoms with Gasteiger partial charge in [0.05, 0.1) is 5.69 Å². The zero-order valence-corrected chi connectivity index (χ0v) is 9.05. The molecule has 1 fully saturated rings. The maximum absolute atomic E-state index is 11.4. The van der Waals surface area contributed by atoms with Gasteiger partial charge < -0.3 is 10.3 Å². The van der Waals surface area contributed by atoms with Crippen molar-refractivity contribution in [3.8, 4) is 0 Å². The molecule has 1 saturated heterocycles. The van der Waals surface area contributed by atoms with Gasteiger partial charge in [-0.3, -0.25) is 4.79 Å². The lowest BCUT2D eigenvalue weighted by Gasteiger charge is -2.08. The summed E-state index contributed by atoms with van der Waals surface area (Å²) in [6, 6.07) is 1.64. The van der Waals surface area contributed by atoms with E-state index in [4.69, 9.17) is 0 Å². The van der Waals surface area contributed by atoms with E-state index in [9.17, 15) is 4.79 Å². The fourth-order valence-corrected chi connectivity index (χ4v) is 2.00. The van der Waals surface area contributed by atoms with Gasteiger partial charge in [0, 0.05) is 24.9 Å². The first-order valence-electron chi connectivity index (χ1n) is 5.60. The van der Waals surface area contributed by atoms with Crippen molar-refractivity contribution in [2.24, 2.45) is 0 Å². The second kappa shape index (κ2) is 4.57. The first-order chi connectivity index (χ1) is 7.29. The third kappa shape index (κ3) is 2.45. The van der Waals surface area contributed by atoms with Crippen LogP contribution < -0.4 is 10.9 Å². The molecule has 0 aliphatic carbocycles. The van der Waals surface area contributed by atoms with Crippen LogP contribution in [0.25, 0.3) is 0 Å². The van der Waals surface area contributed by atoms with Gasteiger partial charge in [-0.25, -0.2) is 4.98 Å². The second-order valence-corrected chi connectivity index (χ2v) is 4.06. The number of rotatable bonds is 3. The molecule has 0 bridgehead atoms. The molecule has 82 valence electrons. The Morgan fingerprint density at radius 3 is 3.13 bits per heavy atom. The van der Waals surface area contributed by atoms with E-state index in [-0.39, 0.29) is 5.56 Å². The molecule has 2 rings (SSSR count). The molecule has 1 aromatic heterocycles. The van der Waals surface area contributed by atoms with Crippen molar-refractivity contribution >= 4 is 0 Å². The van der Waals surface area contributed by atoms with Gasteiger partial charge in [0.25, 0.3) is 5.56 Å². The number of aryl methyl sites for hydroxylation is 1. The zero-order valence-electron chi connectivity index (χ0n) is 9.05. The SMILES string of the molecule is CCCc1nc(C2CCNC2)cc(=O)[nH]1. The summed E-state index contributed by atoms with van der Waals surface area (Å²) in [5.41, 5.74) is 0.933. The van der Waals surface area contributed by atoms with Gasteiger partial charge in [-0.1, -0.05) is 6.92 Å². The lowest BCUT2D eigenvalue weighted by molar-refractivity contribution is 0.705. The maximum atomic E-state index is 11.4. The molecule has 0 aromatic carbocycles. The van der Waals surface area contributed by atoms with Crippen molar-refractivity contribution in [2.45, 2.75) is 32.1 Å². The fourth-order valence-electron chi connectivity index (χ4n) is 2.00. The monoisotopic (exact) mass is 207 g/mol. The molecular weight excluding hydrogens is 190 g/mol. The molecule has 2 N–H and O–H groups in total. The molecule has 4 nitrogen and oxygen atoms in total. The van der Waals surface area contributed by atoms with Crippen LogP contribution in [0.1, 0.15) is 37.2 Å². The summed E-state index contributed by atoms with van der Waals surface area (Å²) >= 11 is 0. The molecule has 1 aliphatic rings. The van der Waals surface area contributed by atoms with E-state index in [1.165, 1.54) is 0 Å². The minimum absolute atomic E-state index is 0.0182. The molecule has 15 heavy (non-hydrogen) atoms. The average molecular weight is 207 g/mol. The number of hydrogen-bond acceptors (Lipinski definition) is 3. The Labute approximate surface area is 89.1 Å². The molecule has 1 unspecified atom stereocenters. The van der Waals surface area contributed by atoms with Gasteiger partial charge in [-0.2, -0.15) is 0 Å². The van der Waals surface area contributed by atoms with E-state index in [0.717, 1.165) is 43.9 Å². The Bertz CT molecular complexity index is 380. The van der Waals surface area contributed by atoms with Gasteiger partial charge >= 0.3 is 0 Å². The topological polar surface area (TPSA) is 57.8 Å². The van der Waals surface area contributed by atoms with Crippen molar-refractivity contribution in [1.29, 1.82) is 0 Å². The van der Waals surface area contributed by atoms with Crippen molar-refractivity contribution in [3.63, 3.8) is 0 Å². The molecule has 4 heteroatoms. The summed E-state index contributed by atoms with van der Waals surface area (Å²) in [6.07, 6.45) is 2.94. The van der Waals surface area contributed by atoms with Crippen LogP contribution in [0, 0.1) is 0 Å². The van der Waals surface area contributed by atoms with E-state index in [2.05, 4.69) is 22.2 Å². The Morgan fingerprint density at radius 1 is 1.60 bits per heavy atom. The van der Waals surface area contributed by atoms with Crippen LogP contribution in [0.4, 0.5) is 0 Å². The molecule has 1 aromatic rings. The summed E-state index contributed by atoms with van der Waals surface area (Å²) in [5, 5.41) is 3.29. The normalized spacial score (nSPS) is 20.7. The van der Waals surface area contributed by atoms with Crippen molar-refractivity contribution in [2.75, 3.05) is 13.1 Å². The predicted octanol–water partition coefficient (Wildman–Crippen LogP) is 0.799. The van der Waals surface area contributed by atoms with Crippen LogP contribution >= 0.6 is 0 Å². The molecule has 2 heterocycles. The van der Waals surface area contributed by atoms with Crippen LogP contribution in [-0.4, -0.2) is 23.1 Å². The van der Waals surface area contributed by atoms with Gasteiger partial charge in [0.15, 0.2) is 0 Å². The predicted molar refractivity (Wildman–Crippen MR) is 59.1 cm³/mol. The summed E-state index contributed by atoms with van der Waals surface area (Å²) in [4.78, 5) is 18.7. The van der Waals surface area contributed by atoms with Crippen molar-refractivity contribution in [1.82, 2.24) is 15.3 Å². The van der Waals surface area contributed by atoms with Crippen LogP contribution in [0.5, 0.6) is 0 Å². The maximum Gasteiger partial charge on any atom is 0.251 e. The van der Waals surface area contributed by atoms with Crippen LogP contribution in [-0.2, 0) is 6.42 Å². The minimum Gasteiger partial charge on any atom is -0.316 e. The third-order valence-electron chi connectivity index (χ3n) is 2.78. The molecule has 1 atom stereocenters. The largest absolute Gasteiger partial charge is 0.316 e. The number of H-pyrrole nitrogens is 1. The van der Waals surface area contributed by atoms with Gasteiger partial charge in [-0.15, -0.1) is 0 Å². The second-order valence-electron chi connectivity index (χ2n) is 4.06. The van der Waals surface area contributed by atoms with Gasteiger partial charge in [0.2, 0.25) is 0 Å². The van der Waals surface area contributed by atoms with E-state index in [0.29, 0.717) is 5.92 Å². The highest BCUT2D eigenvalue weighted by atomic mass is 16.1. The Hall–Kier alpha value is -1.16. The standard InChI is InChI=1S/C11H17N3O/c1-2-3-10-13-9(6-11(15)14-10)8-4-5-12-7-8/h6,8,12H,2-5,7H2,1H3,(H,13,14,15). The van der Waals surface area contributed by atoms with Crippen molar-refractivity contribution in [3.05, 3.63) is 27.9 Å². The molecule has 0 amide bonds. The molecule has 0 spiro atoms. The van der Waals surface area contributed by atoms with Crippen LogP contribution in [0.15, 0.2) is 10.9 Å². The van der Waals surface area contributed by atoms with E-state index in [1.54, 1.807) is 6.07 Å². The average Bonchev–Trinajstić information content (AvgIpc) is 2.70. The molecule has 0 saturated carbocycles. The highest BCUT2D eigenvalue weighted by Crippen LogP contribution is 2.18. The summed E-state index contributed by atoms with van der Waals surface area (Å²) < 4.78 is 0. The number of aromatic nitrogens is 2. The first kappa shape index (κ1) is 10.4. The molecule has 1 aliphatic heterocycles. The lowest BCUT2D eigenvalue weighted by atomic mass is 10.0. The minimum atomic E-state index is -0.0182. The Morgan fingerprint density at radius 2 is 2.47 bits per heavy atom. The van der Waals surface area contributed by atoms with E-state index < -0.39 is 0 Å². The van der Waals surface area contributed by atoms with Crippen LogP contribution in [0.2, 0.25) is 0 Å². The van der Waals surface area contributed by atoms with E-state index >= 15 is 0 Å². The number of aromatic amines is 1. The highest BCUT2D eigenvalue weighted by Gasteiger charge is 2.18. The Balaban J connectivity index is 2.26. The number of nitrogens with one attached hydrogen (secondary N) is 2. The summed E-state index contributed by atoms with van der Waals surface area (Å²) in [6.45, 7) is 4.06. The zero-order chi connectivity index (χ0) is 10.7. The summed E-state index contributed by atoms with van der Waals surface area (Å²) in [5.74, 6) is 1.25.